The standard InChI is InChI=1S/C10H8Br2O2/c1-5-2-6-9(3-7(5)11)14-4-8(12)10(6)13/h2-3,8H,4H2,1H3. The highest BCUT2D eigenvalue weighted by atomic mass is 79.9. The predicted octanol–water partition coefficient (Wildman–Crippen LogP) is 3.10. The number of aryl methyl sites for hydroxylation is 1. The molecule has 1 atom stereocenters. The van der Waals surface area contributed by atoms with Crippen LogP contribution in [-0.2, 0) is 0 Å². The van der Waals surface area contributed by atoms with E-state index < -0.39 is 0 Å². The minimum Gasteiger partial charge on any atom is -0.491 e. The first-order valence-corrected chi connectivity index (χ1v) is 5.91. The number of ketones is 1. The van der Waals surface area contributed by atoms with Gasteiger partial charge in [-0.3, -0.25) is 4.79 Å². The van der Waals surface area contributed by atoms with Crippen molar-refractivity contribution in [3.63, 3.8) is 0 Å². The Morgan fingerprint density at radius 1 is 1.50 bits per heavy atom. The van der Waals surface area contributed by atoms with E-state index in [1.54, 1.807) is 0 Å². The summed E-state index contributed by atoms with van der Waals surface area (Å²) >= 11 is 6.69. The van der Waals surface area contributed by atoms with E-state index in [2.05, 4.69) is 31.9 Å². The first-order chi connectivity index (χ1) is 6.59. The summed E-state index contributed by atoms with van der Waals surface area (Å²) in [6.45, 7) is 2.36. The molecule has 0 aromatic heterocycles. The number of carbonyl (C=O) groups excluding carboxylic acids is 1. The number of fused-ring (bicyclic) bond motifs is 1. The maximum absolute atomic E-state index is 11.7. The van der Waals surface area contributed by atoms with E-state index in [1.165, 1.54) is 0 Å². The Bertz CT molecular complexity index is 401. The van der Waals surface area contributed by atoms with Crippen molar-refractivity contribution in [1.29, 1.82) is 0 Å². The van der Waals surface area contributed by atoms with Gasteiger partial charge in [0.25, 0.3) is 0 Å². The minimum absolute atomic E-state index is 0.0989. The molecule has 0 bridgehead atoms. The third-order valence-electron chi connectivity index (χ3n) is 2.20. The average Bonchev–Trinajstić information content (AvgIpc) is 2.15. The maximum atomic E-state index is 11.7. The minimum atomic E-state index is -0.212. The van der Waals surface area contributed by atoms with Crippen LogP contribution >= 0.6 is 31.9 Å². The van der Waals surface area contributed by atoms with Gasteiger partial charge in [-0.25, -0.2) is 0 Å². The third kappa shape index (κ3) is 1.61. The molecule has 4 heteroatoms. The largest absolute Gasteiger partial charge is 0.491 e. The van der Waals surface area contributed by atoms with Gasteiger partial charge >= 0.3 is 0 Å². The second-order valence-corrected chi connectivity index (χ2v) is 5.20. The summed E-state index contributed by atoms with van der Waals surface area (Å²) in [4.78, 5) is 11.5. The molecule has 0 spiro atoms. The molecule has 0 radical (unpaired) electrons. The molecule has 1 heterocycles. The van der Waals surface area contributed by atoms with Crippen LogP contribution in [0.3, 0.4) is 0 Å². The molecule has 2 nitrogen and oxygen atoms in total. The number of rotatable bonds is 0. The van der Waals surface area contributed by atoms with Crippen molar-refractivity contribution in [2.45, 2.75) is 11.8 Å². The molecule has 1 aliphatic rings. The molecule has 0 amide bonds. The van der Waals surface area contributed by atoms with E-state index in [1.807, 2.05) is 19.1 Å². The number of benzene rings is 1. The Morgan fingerprint density at radius 3 is 2.93 bits per heavy atom. The van der Waals surface area contributed by atoms with Gasteiger partial charge in [0.1, 0.15) is 17.2 Å². The van der Waals surface area contributed by atoms with Gasteiger partial charge in [0.15, 0.2) is 5.78 Å². The lowest BCUT2D eigenvalue weighted by Gasteiger charge is -2.21. The summed E-state index contributed by atoms with van der Waals surface area (Å²) in [5.74, 6) is 0.769. The quantitative estimate of drug-likeness (QED) is 0.687. The lowest BCUT2D eigenvalue weighted by atomic mass is 10.0. The number of carbonyl (C=O) groups is 1. The van der Waals surface area contributed by atoms with Crippen LogP contribution in [0.25, 0.3) is 0 Å². The van der Waals surface area contributed by atoms with Crippen molar-refractivity contribution in [3.05, 3.63) is 27.7 Å². The Morgan fingerprint density at radius 2 is 2.21 bits per heavy atom. The molecule has 74 valence electrons. The molecule has 1 aromatic carbocycles. The second-order valence-electron chi connectivity index (χ2n) is 3.24. The van der Waals surface area contributed by atoms with Gasteiger partial charge in [-0.05, 0) is 24.6 Å². The van der Waals surface area contributed by atoms with Crippen molar-refractivity contribution >= 4 is 37.6 Å². The number of alkyl halides is 1. The van der Waals surface area contributed by atoms with Crippen molar-refractivity contribution in [2.24, 2.45) is 0 Å². The van der Waals surface area contributed by atoms with E-state index in [4.69, 9.17) is 4.74 Å². The zero-order chi connectivity index (χ0) is 10.3. The van der Waals surface area contributed by atoms with Gasteiger partial charge in [-0.2, -0.15) is 0 Å². The number of hydrogen-bond acceptors (Lipinski definition) is 2. The van der Waals surface area contributed by atoms with Gasteiger partial charge in [0.05, 0.1) is 5.56 Å². The number of Topliss-reactive ketones (excluding diaryl/α,β-unsaturated/α-hetero) is 1. The van der Waals surface area contributed by atoms with Gasteiger partial charge in [0, 0.05) is 4.47 Å². The van der Waals surface area contributed by atoms with E-state index in [0.717, 1.165) is 10.0 Å². The SMILES string of the molecule is Cc1cc2c(cc1Br)OCC(Br)C2=O. The van der Waals surface area contributed by atoms with E-state index in [9.17, 15) is 4.79 Å². The first kappa shape index (κ1) is 10.2. The predicted molar refractivity (Wildman–Crippen MR) is 61.4 cm³/mol. The fourth-order valence-electron chi connectivity index (χ4n) is 1.38. The highest BCUT2D eigenvalue weighted by Gasteiger charge is 2.27. The smallest absolute Gasteiger partial charge is 0.183 e. The maximum Gasteiger partial charge on any atom is 0.183 e. The van der Waals surface area contributed by atoms with Crippen LogP contribution in [0.2, 0.25) is 0 Å². The summed E-state index contributed by atoms with van der Waals surface area (Å²) < 4.78 is 6.41. The number of hydrogen-bond donors (Lipinski definition) is 0. The van der Waals surface area contributed by atoms with Gasteiger partial charge in [0.2, 0.25) is 0 Å². The van der Waals surface area contributed by atoms with Crippen molar-refractivity contribution in [2.75, 3.05) is 6.61 Å². The molecule has 0 N–H and O–H groups in total. The highest BCUT2D eigenvalue weighted by Crippen LogP contribution is 2.32. The van der Waals surface area contributed by atoms with Crippen LogP contribution in [0.1, 0.15) is 15.9 Å². The van der Waals surface area contributed by atoms with Crippen molar-refractivity contribution < 1.29 is 9.53 Å². The van der Waals surface area contributed by atoms with Crippen LogP contribution in [0.4, 0.5) is 0 Å². The molecule has 1 aromatic rings. The normalized spacial score (nSPS) is 20.2. The molecule has 14 heavy (non-hydrogen) atoms. The molecule has 2 rings (SSSR count). The van der Waals surface area contributed by atoms with Crippen LogP contribution in [-0.4, -0.2) is 17.2 Å². The van der Waals surface area contributed by atoms with E-state index in [-0.39, 0.29) is 10.6 Å². The van der Waals surface area contributed by atoms with Gasteiger partial charge in [-0.1, -0.05) is 31.9 Å². The summed E-state index contributed by atoms with van der Waals surface area (Å²) in [7, 11) is 0. The fraction of sp³-hybridized carbons (Fsp3) is 0.300. The zero-order valence-electron chi connectivity index (χ0n) is 7.51. The van der Waals surface area contributed by atoms with Crippen LogP contribution in [0.15, 0.2) is 16.6 Å². The van der Waals surface area contributed by atoms with E-state index >= 15 is 0 Å². The monoisotopic (exact) mass is 318 g/mol. The Kier molecular flexibility index (Phi) is 2.66. The van der Waals surface area contributed by atoms with Crippen molar-refractivity contribution in [3.8, 4) is 5.75 Å². The lowest BCUT2D eigenvalue weighted by molar-refractivity contribution is 0.0946. The van der Waals surface area contributed by atoms with E-state index in [0.29, 0.717) is 17.9 Å². The topological polar surface area (TPSA) is 26.3 Å². The summed E-state index contributed by atoms with van der Waals surface area (Å²) in [5.41, 5.74) is 1.71. The number of halogens is 2. The molecule has 0 fully saturated rings. The third-order valence-corrected chi connectivity index (χ3v) is 3.73. The second kappa shape index (κ2) is 3.66. The summed E-state index contributed by atoms with van der Waals surface area (Å²) in [5, 5.41) is 0. The molecule has 1 aliphatic heterocycles. The zero-order valence-corrected chi connectivity index (χ0v) is 10.7. The first-order valence-electron chi connectivity index (χ1n) is 4.21. The Labute approximate surface area is 98.9 Å². The van der Waals surface area contributed by atoms with Crippen molar-refractivity contribution in [1.82, 2.24) is 0 Å². The molecule has 0 saturated carbocycles. The Balaban J connectivity index is 2.56. The summed E-state index contributed by atoms with van der Waals surface area (Å²) in [6, 6.07) is 3.70. The van der Waals surface area contributed by atoms with Gasteiger partial charge < -0.3 is 4.74 Å². The fourth-order valence-corrected chi connectivity index (χ4v) is 2.08. The molecular weight excluding hydrogens is 312 g/mol. The number of ether oxygens (including phenoxy) is 1. The Hall–Kier alpha value is -0.350. The lowest BCUT2D eigenvalue weighted by Crippen LogP contribution is -2.27. The molecule has 0 saturated heterocycles. The molecule has 0 aliphatic carbocycles. The average molecular weight is 320 g/mol. The van der Waals surface area contributed by atoms with Gasteiger partial charge in [-0.15, -0.1) is 0 Å². The van der Waals surface area contributed by atoms with Crippen LogP contribution < -0.4 is 4.74 Å². The molecule has 1 unspecified atom stereocenters. The van der Waals surface area contributed by atoms with Crippen LogP contribution in [0, 0.1) is 6.92 Å². The van der Waals surface area contributed by atoms with Crippen LogP contribution in [0.5, 0.6) is 5.75 Å². The summed E-state index contributed by atoms with van der Waals surface area (Å²) in [6.07, 6.45) is 0. The molecular formula is C10H8Br2O2. The highest BCUT2D eigenvalue weighted by molar-refractivity contribution is 9.10.